The molecule has 0 aliphatic heterocycles. The van der Waals surface area contributed by atoms with Crippen LogP contribution >= 0.6 is 0 Å². The molecule has 2 rings (SSSR count). The summed E-state index contributed by atoms with van der Waals surface area (Å²) in [5.41, 5.74) is 0.993. The maximum atomic E-state index is 11.9. The number of benzene rings is 2. The van der Waals surface area contributed by atoms with E-state index in [-0.39, 0.29) is 25.0 Å². The predicted octanol–water partition coefficient (Wildman–Crippen LogP) is 3.27. The van der Waals surface area contributed by atoms with Gasteiger partial charge in [-0.05, 0) is 43.2 Å². The molecule has 27 heavy (non-hydrogen) atoms. The van der Waals surface area contributed by atoms with Crippen molar-refractivity contribution in [1.82, 2.24) is 5.32 Å². The van der Waals surface area contributed by atoms with Crippen molar-refractivity contribution < 1.29 is 23.8 Å². The summed E-state index contributed by atoms with van der Waals surface area (Å²) in [6, 6.07) is 16.7. The minimum absolute atomic E-state index is 0.143. The van der Waals surface area contributed by atoms with Crippen LogP contribution in [-0.2, 0) is 14.3 Å². The molecule has 0 heterocycles. The van der Waals surface area contributed by atoms with Gasteiger partial charge in [-0.2, -0.15) is 0 Å². The number of hydrogen-bond acceptors (Lipinski definition) is 5. The minimum atomic E-state index is -0.421. The summed E-state index contributed by atoms with van der Waals surface area (Å²) in [6.07, 6.45) is 0.699. The zero-order valence-corrected chi connectivity index (χ0v) is 15.6. The molecule has 0 fully saturated rings. The average Bonchev–Trinajstić information content (AvgIpc) is 2.70. The van der Waals surface area contributed by atoms with E-state index in [9.17, 15) is 9.59 Å². The molecule has 0 unspecified atom stereocenters. The van der Waals surface area contributed by atoms with Gasteiger partial charge in [-0.25, -0.2) is 0 Å². The van der Waals surface area contributed by atoms with Gasteiger partial charge in [0.1, 0.15) is 11.5 Å². The number of hydrogen-bond donors (Lipinski definition) is 1. The molecule has 6 heteroatoms. The Labute approximate surface area is 159 Å². The zero-order chi connectivity index (χ0) is 19.5. The maximum Gasteiger partial charge on any atom is 0.306 e. The number of amides is 1. The second-order valence-corrected chi connectivity index (χ2v) is 5.99. The number of carbonyl (C=O) groups excluding carboxylic acids is 2. The molecular weight excluding hydrogens is 346 g/mol. The summed E-state index contributed by atoms with van der Waals surface area (Å²) in [6.45, 7) is 1.99. The third-order valence-corrected chi connectivity index (χ3v) is 3.89. The fourth-order valence-electron chi connectivity index (χ4n) is 2.40. The summed E-state index contributed by atoms with van der Waals surface area (Å²) in [7, 11) is 1.60. The lowest BCUT2D eigenvalue weighted by Crippen LogP contribution is -2.31. The van der Waals surface area contributed by atoms with Crippen molar-refractivity contribution in [3.8, 4) is 11.5 Å². The summed E-state index contributed by atoms with van der Waals surface area (Å²) in [5, 5.41) is 2.80. The first kappa shape index (κ1) is 20.3. The summed E-state index contributed by atoms with van der Waals surface area (Å²) >= 11 is 0. The molecule has 0 aliphatic carbocycles. The van der Waals surface area contributed by atoms with Crippen molar-refractivity contribution in [1.29, 1.82) is 0 Å². The van der Waals surface area contributed by atoms with Gasteiger partial charge in [0.25, 0.3) is 5.91 Å². The van der Waals surface area contributed by atoms with Crippen molar-refractivity contribution in [2.45, 2.75) is 25.8 Å². The van der Waals surface area contributed by atoms with Crippen LogP contribution in [0.5, 0.6) is 11.5 Å². The first-order valence-electron chi connectivity index (χ1n) is 8.85. The van der Waals surface area contributed by atoms with Crippen LogP contribution in [0.15, 0.2) is 54.6 Å². The zero-order valence-electron chi connectivity index (χ0n) is 15.6. The van der Waals surface area contributed by atoms with Crippen molar-refractivity contribution in [2.24, 2.45) is 0 Å². The van der Waals surface area contributed by atoms with Gasteiger partial charge in [0, 0.05) is 6.42 Å². The first-order chi connectivity index (χ1) is 13.1. The van der Waals surface area contributed by atoms with Crippen molar-refractivity contribution in [2.75, 3.05) is 20.3 Å². The van der Waals surface area contributed by atoms with Gasteiger partial charge in [-0.3, -0.25) is 9.59 Å². The third-order valence-electron chi connectivity index (χ3n) is 3.89. The molecule has 0 bridgehead atoms. The third kappa shape index (κ3) is 7.40. The Bertz CT molecular complexity index is 715. The van der Waals surface area contributed by atoms with Gasteiger partial charge >= 0.3 is 5.97 Å². The molecule has 0 spiro atoms. The molecule has 0 aliphatic rings. The second-order valence-electron chi connectivity index (χ2n) is 5.99. The number of carbonyl (C=O) groups is 2. The summed E-state index contributed by atoms with van der Waals surface area (Å²) < 4.78 is 15.6. The molecule has 0 saturated heterocycles. The van der Waals surface area contributed by atoms with E-state index < -0.39 is 5.97 Å². The first-order valence-corrected chi connectivity index (χ1v) is 8.85. The van der Waals surface area contributed by atoms with E-state index in [2.05, 4.69) is 5.32 Å². The topological polar surface area (TPSA) is 73.9 Å². The Morgan fingerprint density at radius 2 is 1.67 bits per heavy atom. The molecule has 0 aromatic heterocycles. The minimum Gasteiger partial charge on any atom is -0.497 e. The molecule has 1 N–H and O–H groups in total. The van der Waals surface area contributed by atoms with Crippen LogP contribution in [-0.4, -0.2) is 32.2 Å². The number of nitrogens with one attached hydrogen (secondary N) is 1. The van der Waals surface area contributed by atoms with E-state index in [4.69, 9.17) is 14.2 Å². The fraction of sp³-hybridized carbons (Fsp3) is 0.333. The molecule has 0 radical (unpaired) electrons. The quantitative estimate of drug-likeness (QED) is 0.512. The van der Waals surface area contributed by atoms with Crippen LogP contribution in [0.25, 0.3) is 0 Å². The Kier molecular flexibility index (Phi) is 8.16. The van der Waals surface area contributed by atoms with Gasteiger partial charge in [0.2, 0.25) is 0 Å². The Hall–Kier alpha value is -3.02. The lowest BCUT2D eigenvalue weighted by atomic mass is 10.1. The van der Waals surface area contributed by atoms with Crippen molar-refractivity contribution >= 4 is 11.9 Å². The monoisotopic (exact) mass is 371 g/mol. The van der Waals surface area contributed by atoms with Crippen molar-refractivity contribution in [3.05, 3.63) is 60.2 Å². The van der Waals surface area contributed by atoms with Crippen LogP contribution in [0, 0.1) is 0 Å². The smallest absolute Gasteiger partial charge is 0.306 e. The van der Waals surface area contributed by atoms with Gasteiger partial charge in [-0.1, -0.05) is 30.3 Å². The molecule has 1 atom stereocenters. The Morgan fingerprint density at radius 1 is 1.00 bits per heavy atom. The fourth-order valence-corrected chi connectivity index (χ4v) is 2.40. The van der Waals surface area contributed by atoms with Gasteiger partial charge in [0.05, 0.1) is 19.8 Å². The van der Waals surface area contributed by atoms with Crippen LogP contribution < -0.4 is 14.8 Å². The van der Waals surface area contributed by atoms with Crippen molar-refractivity contribution in [3.63, 3.8) is 0 Å². The lowest BCUT2D eigenvalue weighted by Gasteiger charge is -2.14. The molecule has 6 nitrogen and oxygen atoms in total. The molecule has 2 aromatic carbocycles. The summed E-state index contributed by atoms with van der Waals surface area (Å²) in [4.78, 5) is 23.6. The highest BCUT2D eigenvalue weighted by Crippen LogP contribution is 2.17. The lowest BCUT2D eigenvalue weighted by molar-refractivity contribution is -0.148. The van der Waals surface area contributed by atoms with Gasteiger partial charge < -0.3 is 19.5 Å². The normalized spacial score (nSPS) is 11.3. The molecule has 0 saturated carbocycles. The molecule has 1 amide bonds. The van der Waals surface area contributed by atoms with Gasteiger partial charge in [-0.15, -0.1) is 0 Å². The molecule has 2 aromatic rings. The van der Waals surface area contributed by atoms with Crippen LogP contribution in [0.2, 0.25) is 0 Å². The average molecular weight is 371 g/mol. The number of ether oxygens (including phenoxy) is 3. The number of rotatable bonds is 10. The van der Waals surface area contributed by atoms with Crippen LogP contribution in [0.1, 0.15) is 31.4 Å². The molecule has 144 valence electrons. The van der Waals surface area contributed by atoms with E-state index in [1.807, 2.05) is 37.3 Å². The van der Waals surface area contributed by atoms with Crippen LogP contribution in [0.4, 0.5) is 0 Å². The van der Waals surface area contributed by atoms with E-state index >= 15 is 0 Å². The highest BCUT2D eigenvalue weighted by atomic mass is 16.5. The van der Waals surface area contributed by atoms with Crippen LogP contribution in [0.3, 0.4) is 0 Å². The largest absolute Gasteiger partial charge is 0.497 e. The SMILES string of the molecule is COc1ccc(OCCCC(=O)OCC(=O)N[C@H](C)c2ccccc2)cc1. The van der Waals surface area contributed by atoms with E-state index in [1.165, 1.54) is 0 Å². The maximum absolute atomic E-state index is 11.9. The predicted molar refractivity (Wildman–Crippen MR) is 102 cm³/mol. The number of esters is 1. The molecular formula is C21H25NO5. The summed E-state index contributed by atoms with van der Waals surface area (Å²) in [5.74, 6) is 0.717. The van der Waals surface area contributed by atoms with E-state index in [0.29, 0.717) is 18.8 Å². The highest BCUT2D eigenvalue weighted by Gasteiger charge is 2.11. The standard InChI is InChI=1S/C21H25NO5/c1-16(17-7-4-3-5-8-17)22-20(23)15-27-21(24)9-6-14-26-19-12-10-18(25-2)11-13-19/h3-5,7-8,10-13,16H,6,9,14-15H2,1-2H3,(H,22,23)/t16-/m1/s1. The van der Waals surface area contributed by atoms with E-state index in [1.54, 1.807) is 31.4 Å². The van der Waals surface area contributed by atoms with Gasteiger partial charge in [0.15, 0.2) is 6.61 Å². The Balaban J connectivity index is 1.59. The Morgan fingerprint density at radius 3 is 2.33 bits per heavy atom. The second kappa shape index (κ2) is 10.9. The highest BCUT2D eigenvalue weighted by molar-refractivity contribution is 5.80. The number of methoxy groups -OCH3 is 1. The van der Waals surface area contributed by atoms with E-state index in [0.717, 1.165) is 11.3 Å².